The average molecular weight is 201 g/mol. The molecule has 0 saturated carbocycles. The minimum absolute atomic E-state index is 1.19. The predicted molar refractivity (Wildman–Crippen MR) is 31.7 cm³/mol. The molecule has 0 spiro atoms. The molecule has 0 aliphatic rings. The van der Waals surface area contributed by atoms with E-state index in [1.807, 2.05) is 0 Å². The third kappa shape index (κ3) is 5.41. The number of primary amides is 1. The minimum Gasteiger partial charge on any atom is -0.350 e. The van der Waals surface area contributed by atoms with Crippen LogP contribution in [0.3, 0.4) is 0 Å². The number of nitrogens with zero attached hydrogens (tertiary/aromatic N) is 1. The van der Waals surface area contributed by atoms with Gasteiger partial charge in [-0.2, -0.15) is 9.25 Å². The van der Waals surface area contributed by atoms with Crippen LogP contribution in [0.5, 0.6) is 0 Å². The maximum atomic E-state index is 10.3. The van der Waals surface area contributed by atoms with Gasteiger partial charge >= 0.3 is 18.9 Å². The van der Waals surface area contributed by atoms with Crippen molar-refractivity contribution in [2.75, 3.05) is 0 Å². The van der Waals surface area contributed by atoms with Crippen molar-refractivity contribution >= 4 is 13.9 Å². The quantitative estimate of drug-likeness (QED) is 0.296. The van der Waals surface area contributed by atoms with Crippen LogP contribution in [-0.4, -0.2) is 16.0 Å². The minimum atomic E-state index is -4.91. The fourth-order valence-corrected chi connectivity index (χ4v) is 0.611. The van der Waals surface area contributed by atoms with Crippen molar-refractivity contribution in [3.05, 3.63) is 10.1 Å². The van der Waals surface area contributed by atoms with Crippen molar-refractivity contribution < 1.29 is 28.6 Å². The number of nitrogens with one attached hydrogen (secondary N) is 1. The first-order valence-electron chi connectivity index (χ1n) is 2.24. The van der Waals surface area contributed by atoms with E-state index in [4.69, 9.17) is 4.89 Å². The Hall–Kier alpha value is -1.38. The molecule has 2 amide bonds. The Morgan fingerprint density at radius 1 is 1.75 bits per heavy atom. The molecule has 0 aliphatic heterocycles. The molecule has 10 nitrogen and oxygen atoms in total. The summed E-state index contributed by atoms with van der Waals surface area (Å²) >= 11 is 0. The Bertz CT molecular complexity index is 237. The highest BCUT2D eigenvalue weighted by Crippen LogP contribution is 2.41. The number of rotatable bonds is 4. The maximum Gasteiger partial charge on any atom is 0.524 e. The van der Waals surface area contributed by atoms with Gasteiger partial charge in [0.15, 0.2) is 0 Å². The summed E-state index contributed by atoms with van der Waals surface area (Å²) < 4.78 is 17.0. The van der Waals surface area contributed by atoms with E-state index in [2.05, 4.69) is 15.0 Å². The summed E-state index contributed by atoms with van der Waals surface area (Å²) in [4.78, 5) is 27.7. The Morgan fingerprint density at radius 3 is 2.58 bits per heavy atom. The molecular weight excluding hydrogens is 197 g/mol. The predicted octanol–water partition coefficient (Wildman–Crippen LogP) is -1.10. The summed E-state index contributed by atoms with van der Waals surface area (Å²) in [5, 5.41) is 7.93. The van der Waals surface area contributed by atoms with Gasteiger partial charge in [-0.1, -0.05) is 0 Å². The van der Waals surface area contributed by atoms with E-state index in [1.165, 1.54) is 5.48 Å². The Morgan fingerprint density at radius 2 is 2.25 bits per heavy atom. The van der Waals surface area contributed by atoms with Crippen LogP contribution in [0, 0.1) is 10.1 Å². The van der Waals surface area contributed by atoms with Gasteiger partial charge in [-0.15, -0.1) is 10.1 Å². The van der Waals surface area contributed by atoms with Gasteiger partial charge in [-0.25, -0.2) is 14.8 Å². The third-order valence-electron chi connectivity index (χ3n) is 0.431. The number of hydrogen-bond acceptors (Lipinski definition) is 6. The first-order chi connectivity index (χ1) is 5.33. The number of urea groups is 1. The molecule has 0 aromatic carbocycles. The summed E-state index contributed by atoms with van der Waals surface area (Å²) in [6.45, 7) is 0. The molecule has 4 N–H and O–H groups in total. The van der Waals surface area contributed by atoms with Gasteiger partial charge in [0.2, 0.25) is 0 Å². The van der Waals surface area contributed by atoms with Crippen molar-refractivity contribution in [3.63, 3.8) is 0 Å². The van der Waals surface area contributed by atoms with Crippen LogP contribution >= 0.6 is 7.82 Å². The van der Waals surface area contributed by atoms with Crippen LogP contribution in [0.25, 0.3) is 0 Å². The van der Waals surface area contributed by atoms with E-state index >= 15 is 0 Å². The number of hydroxylamine groups is 1. The highest BCUT2D eigenvalue weighted by Gasteiger charge is 2.26. The van der Waals surface area contributed by atoms with E-state index in [9.17, 15) is 19.5 Å². The van der Waals surface area contributed by atoms with Crippen molar-refractivity contribution in [2.45, 2.75) is 0 Å². The summed E-state index contributed by atoms with van der Waals surface area (Å²) in [5.74, 6) is 0. The molecule has 11 heteroatoms. The summed E-state index contributed by atoms with van der Waals surface area (Å²) in [5.41, 5.74) is 5.59. The zero-order valence-electron chi connectivity index (χ0n) is 5.37. The lowest BCUT2D eigenvalue weighted by Crippen LogP contribution is -2.28. The van der Waals surface area contributed by atoms with Crippen molar-refractivity contribution in [3.8, 4) is 0 Å². The Kier molecular flexibility index (Phi) is 3.41. The van der Waals surface area contributed by atoms with Crippen LogP contribution < -0.4 is 11.2 Å². The largest absolute Gasteiger partial charge is 0.524 e. The molecule has 0 saturated heterocycles. The summed E-state index contributed by atoms with van der Waals surface area (Å²) in [6, 6.07) is -1.30. The number of hydrogen-bond donors (Lipinski definition) is 3. The topological polar surface area (TPSA) is 154 Å². The smallest absolute Gasteiger partial charge is 0.350 e. The SMILES string of the molecule is NC(=O)NOP(=O)(O)O[N+](=O)[O-]. The van der Waals surface area contributed by atoms with Gasteiger partial charge in [0.25, 0.3) is 0 Å². The van der Waals surface area contributed by atoms with Crippen LogP contribution in [0.4, 0.5) is 4.79 Å². The Balaban J connectivity index is 3.96. The molecular formula is CH4N3O7P. The lowest BCUT2D eigenvalue weighted by Gasteiger charge is -2.06. The van der Waals surface area contributed by atoms with Gasteiger partial charge in [0.1, 0.15) is 0 Å². The van der Waals surface area contributed by atoms with E-state index in [0.29, 0.717) is 0 Å². The fraction of sp³-hybridized carbons (Fsp3) is 0. The molecule has 70 valence electrons. The van der Waals surface area contributed by atoms with E-state index < -0.39 is 18.9 Å². The second kappa shape index (κ2) is 3.85. The maximum absolute atomic E-state index is 10.3. The van der Waals surface area contributed by atoms with Crippen molar-refractivity contribution in [1.29, 1.82) is 0 Å². The number of carbonyl (C=O) groups is 1. The molecule has 0 aromatic rings. The number of phosphoric acid groups is 1. The van der Waals surface area contributed by atoms with Crippen LogP contribution in [0.15, 0.2) is 0 Å². The first kappa shape index (κ1) is 10.6. The van der Waals surface area contributed by atoms with Gasteiger partial charge in [-0.3, -0.25) is 0 Å². The third-order valence-corrected chi connectivity index (χ3v) is 1.09. The molecule has 0 aliphatic carbocycles. The number of amides is 2. The van der Waals surface area contributed by atoms with Crippen LogP contribution in [0.1, 0.15) is 0 Å². The number of nitrogens with two attached hydrogens (primary N) is 1. The van der Waals surface area contributed by atoms with Gasteiger partial charge < -0.3 is 10.6 Å². The van der Waals surface area contributed by atoms with Gasteiger partial charge in [-0.05, 0) is 0 Å². The lowest BCUT2D eigenvalue weighted by atomic mass is 11.2. The molecule has 0 heterocycles. The van der Waals surface area contributed by atoms with E-state index in [0.717, 1.165) is 0 Å². The Labute approximate surface area is 64.9 Å². The molecule has 0 radical (unpaired) electrons. The number of carbonyl (C=O) groups excluding carboxylic acids is 1. The fourth-order valence-electron chi connectivity index (χ4n) is 0.204. The lowest BCUT2D eigenvalue weighted by molar-refractivity contribution is -0.718. The van der Waals surface area contributed by atoms with Gasteiger partial charge in [0, 0.05) is 0 Å². The first-order valence-corrected chi connectivity index (χ1v) is 3.74. The normalized spacial score (nSPS) is 14.4. The van der Waals surface area contributed by atoms with E-state index in [1.54, 1.807) is 0 Å². The average Bonchev–Trinajstić information content (AvgIpc) is 1.81. The van der Waals surface area contributed by atoms with Crippen LogP contribution in [-0.2, 0) is 13.8 Å². The van der Waals surface area contributed by atoms with Crippen LogP contribution in [0.2, 0.25) is 0 Å². The zero-order valence-corrected chi connectivity index (χ0v) is 6.26. The van der Waals surface area contributed by atoms with Crippen molar-refractivity contribution in [1.82, 2.24) is 5.48 Å². The van der Waals surface area contributed by atoms with Crippen molar-refractivity contribution in [2.24, 2.45) is 5.73 Å². The zero-order chi connectivity index (χ0) is 9.78. The monoisotopic (exact) mass is 201 g/mol. The van der Waals surface area contributed by atoms with Gasteiger partial charge in [0.05, 0.1) is 0 Å². The highest BCUT2D eigenvalue weighted by atomic mass is 31.2. The standard InChI is InChI=1S/CH4N3O7P/c2-1(5)3-10-12(8,9)11-4(6)7/h(H,8,9)(H3,2,3,5). The molecule has 0 aromatic heterocycles. The summed E-state index contributed by atoms with van der Waals surface area (Å²) in [6.07, 6.45) is 0. The summed E-state index contributed by atoms with van der Waals surface area (Å²) in [7, 11) is -4.91. The molecule has 1 atom stereocenters. The molecule has 1 unspecified atom stereocenters. The highest BCUT2D eigenvalue weighted by molar-refractivity contribution is 7.47. The molecule has 0 fully saturated rings. The second-order valence-electron chi connectivity index (χ2n) is 1.33. The molecule has 12 heavy (non-hydrogen) atoms. The molecule has 0 rings (SSSR count). The molecule has 0 bridgehead atoms. The second-order valence-corrected chi connectivity index (χ2v) is 2.61. The van der Waals surface area contributed by atoms with E-state index in [-0.39, 0.29) is 0 Å².